The zero-order valence-corrected chi connectivity index (χ0v) is 21.5. The maximum atomic E-state index is 13.0. The Morgan fingerprint density at radius 1 is 1.08 bits per heavy atom. The molecule has 1 fully saturated rings. The molecule has 0 bridgehead atoms. The number of hydrogen-bond acceptors (Lipinski definition) is 7. The summed E-state index contributed by atoms with van der Waals surface area (Å²) >= 11 is 1.56. The summed E-state index contributed by atoms with van der Waals surface area (Å²) in [6.45, 7) is 0.119. The number of H-pyrrole nitrogens is 1. The highest BCUT2D eigenvalue weighted by Gasteiger charge is 2.40. The van der Waals surface area contributed by atoms with Crippen LogP contribution in [0.5, 0.6) is 11.5 Å². The highest BCUT2D eigenvalue weighted by Crippen LogP contribution is 2.46. The summed E-state index contributed by atoms with van der Waals surface area (Å²) in [7, 11) is 0. The van der Waals surface area contributed by atoms with Crippen LogP contribution in [-0.2, 0) is 16.1 Å². The number of ether oxygens (including phenoxy) is 1. The Bertz CT molecular complexity index is 1550. The van der Waals surface area contributed by atoms with Gasteiger partial charge in [0.2, 0.25) is 11.8 Å². The Morgan fingerprint density at radius 2 is 1.92 bits per heavy atom. The van der Waals surface area contributed by atoms with Crippen molar-refractivity contribution in [1.82, 2.24) is 25.5 Å². The number of aromatic nitrogens is 2. The molecular weight excluding hydrogens is 518 g/mol. The smallest absolute Gasteiger partial charge is 0.251 e. The first-order valence-electron chi connectivity index (χ1n) is 12.5. The van der Waals surface area contributed by atoms with Crippen LogP contribution in [0.1, 0.15) is 22.5 Å². The summed E-state index contributed by atoms with van der Waals surface area (Å²) in [6, 6.07) is 15.5. The molecule has 3 amide bonds. The van der Waals surface area contributed by atoms with Gasteiger partial charge in [-0.15, -0.1) is 0 Å². The second-order valence-corrected chi connectivity index (χ2v) is 10.4. The molecule has 0 saturated carbocycles. The number of nitrogens with one attached hydrogen (secondary N) is 3. The molecule has 0 aliphatic carbocycles. The Kier molecular flexibility index (Phi) is 6.67. The summed E-state index contributed by atoms with van der Waals surface area (Å²) < 4.78 is 5.95. The zero-order chi connectivity index (χ0) is 26.9. The fourth-order valence-electron chi connectivity index (χ4n) is 4.82. The van der Waals surface area contributed by atoms with Crippen molar-refractivity contribution in [3.63, 3.8) is 0 Å². The topological polar surface area (TPSA) is 137 Å². The lowest BCUT2D eigenvalue weighted by atomic mass is 10.1. The molecule has 4 aromatic rings. The standard InChI is InChI=1S/C28H25N5O5S/c34-20-8-10-33(26(20)28(37)30-14-18-11-17-13-29-9-7-19(17)32-18)25(35)15-31-27(36)16-5-6-24-22(12-16)38-21-3-1-2-4-23(21)39-24/h1-7,9,11-13,20,26,32,34H,8,10,14-15H2,(H,30,37)(H,31,36)/t20-,26+/m1/s1. The number of fused-ring (bicyclic) bond motifs is 3. The molecule has 11 heteroatoms. The van der Waals surface area contributed by atoms with E-state index in [1.807, 2.05) is 42.5 Å². The third-order valence-electron chi connectivity index (χ3n) is 6.78. The van der Waals surface area contributed by atoms with Crippen LogP contribution < -0.4 is 15.4 Å². The van der Waals surface area contributed by atoms with E-state index in [4.69, 9.17) is 4.74 Å². The molecule has 198 valence electrons. The van der Waals surface area contributed by atoms with Gasteiger partial charge in [-0.3, -0.25) is 19.4 Å². The molecule has 39 heavy (non-hydrogen) atoms. The van der Waals surface area contributed by atoms with Crippen LogP contribution in [0, 0.1) is 0 Å². The number of likely N-dealkylation sites (tertiary alicyclic amines) is 1. The highest BCUT2D eigenvalue weighted by atomic mass is 32.2. The highest BCUT2D eigenvalue weighted by molar-refractivity contribution is 7.99. The summed E-state index contributed by atoms with van der Waals surface area (Å²) in [4.78, 5) is 49.3. The molecule has 4 N–H and O–H groups in total. The summed E-state index contributed by atoms with van der Waals surface area (Å²) in [6.07, 6.45) is 2.68. The molecule has 2 aliphatic heterocycles. The summed E-state index contributed by atoms with van der Waals surface area (Å²) in [5.74, 6) is -0.0475. The van der Waals surface area contributed by atoms with Gasteiger partial charge in [0.25, 0.3) is 5.91 Å². The van der Waals surface area contributed by atoms with Gasteiger partial charge in [-0.25, -0.2) is 0 Å². The first-order chi connectivity index (χ1) is 19.0. The number of pyridine rings is 1. The van der Waals surface area contributed by atoms with E-state index in [2.05, 4.69) is 20.6 Å². The number of benzene rings is 2. The molecule has 2 aromatic heterocycles. The molecule has 0 spiro atoms. The molecular formula is C28H25N5O5S. The van der Waals surface area contributed by atoms with Crippen molar-refractivity contribution in [2.75, 3.05) is 13.1 Å². The van der Waals surface area contributed by atoms with E-state index in [9.17, 15) is 19.5 Å². The van der Waals surface area contributed by atoms with Crippen LogP contribution in [0.4, 0.5) is 0 Å². The van der Waals surface area contributed by atoms with Gasteiger partial charge in [0.05, 0.1) is 29.0 Å². The van der Waals surface area contributed by atoms with E-state index in [0.29, 0.717) is 11.3 Å². The van der Waals surface area contributed by atoms with Gasteiger partial charge in [0, 0.05) is 41.1 Å². The van der Waals surface area contributed by atoms with Gasteiger partial charge in [0.1, 0.15) is 17.5 Å². The second-order valence-electron chi connectivity index (χ2n) is 9.36. The lowest BCUT2D eigenvalue weighted by Crippen LogP contribution is -2.52. The number of amides is 3. The monoisotopic (exact) mass is 543 g/mol. The quantitative estimate of drug-likeness (QED) is 0.259. The van der Waals surface area contributed by atoms with Crippen molar-refractivity contribution in [3.8, 4) is 11.5 Å². The number of rotatable bonds is 6. The lowest BCUT2D eigenvalue weighted by Gasteiger charge is -2.25. The fourth-order valence-corrected chi connectivity index (χ4v) is 5.75. The molecule has 0 radical (unpaired) electrons. The van der Waals surface area contributed by atoms with Gasteiger partial charge in [0.15, 0.2) is 0 Å². The third kappa shape index (κ3) is 5.06. The van der Waals surface area contributed by atoms with E-state index >= 15 is 0 Å². The predicted octanol–water partition coefficient (Wildman–Crippen LogP) is 2.83. The Balaban J connectivity index is 1.06. The number of para-hydroxylation sites is 1. The molecule has 2 aliphatic rings. The minimum absolute atomic E-state index is 0.207. The molecule has 6 rings (SSSR count). The molecule has 2 aromatic carbocycles. The number of carbonyl (C=O) groups is 3. The minimum Gasteiger partial charge on any atom is -0.455 e. The Hall–Kier alpha value is -4.35. The predicted molar refractivity (Wildman–Crippen MR) is 143 cm³/mol. The first kappa shape index (κ1) is 25.0. The van der Waals surface area contributed by atoms with Crippen molar-refractivity contribution in [3.05, 3.63) is 78.2 Å². The van der Waals surface area contributed by atoms with Crippen molar-refractivity contribution >= 4 is 40.4 Å². The molecule has 0 unspecified atom stereocenters. The number of carbonyl (C=O) groups excluding carboxylic acids is 3. The van der Waals surface area contributed by atoms with Crippen molar-refractivity contribution < 1.29 is 24.2 Å². The lowest BCUT2D eigenvalue weighted by molar-refractivity contribution is -0.139. The SMILES string of the molecule is O=C(NCC(=O)N1CC[C@@H](O)[C@H]1C(=O)NCc1cc2cnccc2[nH]1)c1ccc2c(c1)Oc1ccccc1S2. The maximum absolute atomic E-state index is 13.0. The number of nitrogens with zero attached hydrogens (tertiary/aromatic N) is 2. The van der Waals surface area contributed by atoms with Crippen molar-refractivity contribution in [2.45, 2.75) is 34.9 Å². The van der Waals surface area contributed by atoms with Crippen LogP contribution in [0.2, 0.25) is 0 Å². The average Bonchev–Trinajstić information content (AvgIpc) is 3.56. The maximum Gasteiger partial charge on any atom is 0.251 e. The van der Waals surface area contributed by atoms with Gasteiger partial charge >= 0.3 is 0 Å². The summed E-state index contributed by atoms with van der Waals surface area (Å²) in [5.41, 5.74) is 2.03. The van der Waals surface area contributed by atoms with Gasteiger partial charge < -0.3 is 30.4 Å². The van der Waals surface area contributed by atoms with E-state index < -0.39 is 29.9 Å². The number of aromatic amines is 1. The fraction of sp³-hybridized carbons (Fsp3) is 0.214. The number of aliphatic hydroxyl groups is 1. The van der Waals surface area contributed by atoms with Gasteiger partial charge in [-0.05, 0) is 48.9 Å². The van der Waals surface area contributed by atoms with E-state index in [0.717, 1.165) is 32.1 Å². The van der Waals surface area contributed by atoms with E-state index in [1.54, 1.807) is 36.3 Å². The van der Waals surface area contributed by atoms with Crippen LogP contribution in [0.25, 0.3) is 10.9 Å². The zero-order valence-electron chi connectivity index (χ0n) is 20.7. The van der Waals surface area contributed by atoms with Crippen LogP contribution in [0.3, 0.4) is 0 Å². The third-order valence-corrected chi connectivity index (χ3v) is 7.89. The van der Waals surface area contributed by atoms with Crippen LogP contribution in [-0.4, -0.2) is 62.9 Å². The van der Waals surface area contributed by atoms with Crippen LogP contribution >= 0.6 is 11.8 Å². The van der Waals surface area contributed by atoms with Gasteiger partial charge in [-0.1, -0.05) is 23.9 Å². The molecule has 10 nitrogen and oxygen atoms in total. The van der Waals surface area contributed by atoms with Crippen molar-refractivity contribution in [1.29, 1.82) is 0 Å². The van der Waals surface area contributed by atoms with E-state index in [1.165, 1.54) is 4.90 Å². The number of aliphatic hydroxyl groups excluding tert-OH is 1. The Labute approximate surface area is 227 Å². The van der Waals surface area contributed by atoms with Crippen molar-refractivity contribution in [2.24, 2.45) is 0 Å². The molecule has 1 saturated heterocycles. The second kappa shape index (κ2) is 10.4. The average molecular weight is 544 g/mol. The minimum atomic E-state index is -1.03. The number of hydrogen-bond donors (Lipinski definition) is 4. The normalized spacial score (nSPS) is 17.7. The largest absolute Gasteiger partial charge is 0.455 e. The first-order valence-corrected chi connectivity index (χ1v) is 13.3. The molecule has 2 atom stereocenters. The molecule has 4 heterocycles. The Morgan fingerprint density at radius 3 is 2.79 bits per heavy atom. The van der Waals surface area contributed by atoms with E-state index in [-0.39, 0.29) is 26.1 Å². The summed E-state index contributed by atoms with van der Waals surface area (Å²) in [5, 5.41) is 16.8. The van der Waals surface area contributed by atoms with Gasteiger partial charge in [-0.2, -0.15) is 0 Å². The van der Waals surface area contributed by atoms with Crippen LogP contribution in [0.15, 0.2) is 76.8 Å².